The highest BCUT2D eigenvalue weighted by atomic mass is 19.4. The molecule has 8 heteroatoms. The molecule has 2 fully saturated rings. The number of amides is 2. The van der Waals surface area contributed by atoms with Crippen LogP contribution in [0, 0.1) is 17.3 Å². The first-order chi connectivity index (χ1) is 18.3. The molecule has 1 aliphatic carbocycles. The first kappa shape index (κ1) is 29.4. The number of allylic oxidation sites excluding steroid dienone is 3. The molecule has 3 aliphatic rings. The van der Waals surface area contributed by atoms with Crippen LogP contribution in [0.1, 0.15) is 70.5 Å². The summed E-state index contributed by atoms with van der Waals surface area (Å²) in [5.74, 6) is 0.684. The van der Waals surface area contributed by atoms with Gasteiger partial charge in [0.1, 0.15) is 0 Å². The molecule has 2 heterocycles. The number of carbonyl (C=O) groups excluding carboxylic acids is 2. The van der Waals surface area contributed by atoms with E-state index in [1.807, 2.05) is 22.0 Å². The number of rotatable bonds is 5. The number of piperazine rings is 1. The molecule has 3 atom stereocenters. The van der Waals surface area contributed by atoms with Crippen molar-refractivity contribution in [2.45, 2.75) is 71.6 Å². The number of carbonyl (C=O) groups is 2. The van der Waals surface area contributed by atoms with Gasteiger partial charge in [-0.25, -0.2) is 0 Å². The van der Waals surface area contributed by atoms with Gasteiger partial charge in [0, 0.05) is 64.1 Å². The summed E-state index contributed by atoms with van der Waals surface area (Å²) in [7, 11) is 0. The first-order valence-electron chi connectivity index (χ1n) is 14.1. The second-order valence-corrected chi connectivity index (χ2v) is 12.4. The molecule has 0 aromatic heterocycles. The lowest BCUT2D eigenvalue weighted by molar-refractivity contribution is -0.142. The number of alkyl halides is 3. The van der Waals surface area contributed by atoms with Crippen LogP contribution < -0.4 is 0 Å². The Hall–Kier alpha value is -2.61. The van der Waals surface area contributed by atoms with Gasteiger partial charge in [-0.15, -0.1) is 0 Å². The molecule has 214 valence electrons. The van der Waals surface area contributed by atoms with Crippen molar-refractivity contribution in [2.75, 3.05) is 32.7 Å². The molecule has 2 unspecified atom stereocenters. The van der Waals surface area contributed by atoms with Crippen molar-refractivity contribution >= 4 is 11.8 Å². The molecule has 4 rings (SSSR count). The Morgan fingerprint density at radius 3 is 2.18 bits per heavy atom. The summed E-state index contributed by atoms with van der Waals surface area (Å²) >= 11 is 0. The number of hydrogen-bond donors (Lipinski definition) is 0. The number of halogens is 3. The van der Waals surface area contributed by atoms with Crippen molar-refractivity contribution in [1.82, 2.24) is 14.7 Å². The highest BCUT2D eigenvalue weighted by molar-refractivity contribution is 5.77. The second kappa shape index (κ2) is 11.9. The van der Waals surface area contributed by atoms with E-state index in [-0.39, 0.29) is 41.1 Å². The standard InChI is InChI=1S/C31H42F3N3O2/c1-22(38)35-16-14-23(15-17-35)20-28(39)37-19-18-36(21-27(37)30(2,3)4)29(24-8-6-5-7-9-24)25-10-12-26(13-11-25)31(32,33)34/h5-8,10-13,23-24,27,29H,9,14-21H2,1-4H3/t24?,27-,29?/m1/s1. The summed E-state index contributed by atoms with van der Waals surface area (Å²) in [6, 6.07) is 5.52. The maximum atomic E-state index is 13.6. The summed E-state index contributed by atoms with van der Waals surface area (Å²) in [6.07, 6.45) is 6.94. The summed E-state index contributed by atoms with van der Waals surface area (Å²) in [5.41, 5.74) is 0.0677. The lowest BCUT2D eigenvalue weighted by atomic mass is 9.81. The fourth-order valence-corrected chi connectivity index (χ4v) is 6.34. The molecule has 1 aromatic rings. The van der Waals surface area contributed by atoms with E-state index in [1.54, 1.807) is 19.1 Å². The average Bonchev–Trinajstić information content (AvgIpc) is 2.89. The molecule has 2 aliphatic heterocycles. The molecule has 0 spiro atoms. The van der Waals surface area contributed by atoms with Gasteiger partial charge in [0.05, 0.1) is 5.56 Å². The summed E-state index contributed by atoms with van der Waals surface area (Å²) < 4.78 is 39.8. The SMILES string of the molecule is CC(=O)N1CCC(CC(=O)N2CCN(C(c3ccc(C(F)(F)F)cc3)C3C=CC=CC3)C[C@@H]2C(C)(C)C)CC1. The summed E-state index contributed by atoms with van der Waals surface area (Å²) in [5, 5.41) is 0. The number of hydrogen-bond acceptors (Lipinski definition) is 3. The van der Waals surface area contributed by atoms with Crippen molar-refractivity contribution in [1.29, 1.82) is 0 Å². The van der Waals surface area contributed by atoms with E-state index >= 15 is 0 Å². The van der Waals surface area contributed by atoms with Crippen LogP contribution in [-0.2, 0) is 15.8 Å². The van der Waals surface area contributed by atoms with Gasteiger partial charge in [0.2, 0.25) is 11.8 Å². The number of benzene rings is 1. The third-order valence-corrected chi connectivity index (χ3v) is 8.65. The smallest absolute Gasteiger partial charge is 0.343 e. The molecule has 1 aromatic carbocycles. The highest BCUT2D eigenvalue weighted by Gasteiger charge is 2.42. The fourth-order valence-electron chi connectivity index (χ4n) is 6.34. The van der Waals surface area contributed by atoms with E-state index in [2.05, 4.69) is 37.8 Å². The van der Waals surface area contributed by atoms with Gasteiger partial charge in [-0.3, -0.25) is 14.5 Å². The second-order valence-electron chi connectivity index (χ2n) is 12.4. The quantitative estimate of drug-likeness (QED) is 0.450. The maximum absolute atomic E-state index is 13.6. The first-order valence-corrected chi connectivity index (χ1v) is 14.1. The minimum Gasteiger partial charge on any atom is -0.343 e. The molecule has 2 saturated heterocycles. The maximum Gasteiger partial charge on any atom is 0.416 e. The van der Waals surface area contributed by atoms with Crippen molar-refractivity contribution in [3.63, 3.8) is 0 Å². The van der Waals surface area contributed by atoms with E-state index in [0.717, 1.165) is 24.8 Å². The Kier molecular flexibility index (Phi) is 8.94. The molecule has 0 bridgehead atoms. The van der Waals surface area contributed by atoms with Crippen molar-refractivity contribution in [2.24, 2.45) is 17.3 Å². The van der Waals surface area contributed by atoms with Crippen LogP contribution in [0.4, 0.5) is 13.2 Å². The van der Waals surface area contributed by atoms with Crippen LogP contribution in [0.15, 0.2) is 48.6 Å². The fraction of sp³-hybridized carbons (Fsp3) is 0.613. The Morgan fingerprint density at radius 1 is 0.974 bits per heavy atom. The van der Waals surface area contributed by atoms with Crippen molar-refractivity contribution in [3.8, 4) is 0 Å². The van der Waals surface area contributed by atoms with Gasteiger partial charge < -0.3 is 9.80 Å². The van der Waals surface area contributed by atoms with E-state index in [0.29, 0.717) is 39.1 Å². The molecule has 0 radical (unpaired) electrons. The Balaban J connectivity index is 1.52. The van der Waals surface area contributed by atoms with Gasteiger partial charge in [-0.1, -0.05) is 57.2 Å². The predicted octanol–water partition coefficient (Wildman–Crippen LogP) is 6.09. The van der Waals surface area contributed by atoms with Gasteiger partial charge in [0.25, 0.3) is 0 Å². The average molecular weight is 546 g/mol. The summed E-state index contributed by atoms with van der Waals surface area (Å²) in [4.78, 5) is 31.6. The molecular formula is C31H42F3N3O2. The van der Waals surface area contributed by atoms with Gasteiger partial charge >= 0.3 is 6.18 Å². The van der Waals surface area contributed by atoms with Gasteiger partial charge in [-0.05, 0) is 48.3 Å². The van der Waals surface area contributed by atoms with Crippen LogP contribution in [0.2, 0.25) is 0 Å². The minimum absolute atomic E-state index is 0.0175. The lowest BCUT2D eigenvalue weighted by Gasteiger charge is -2.50. The summed E-state index contributed by atoms with van der Waals surface area (Å²) in [6.45, 7) is 11.4. The van der Waals surface area contributed by atoms with Crippen molar-refractivity contribution in [3.05, 3.63) is 59.7 Å². The zero-order valence-electron chi connectivity index (χ0n) is 23.6. The highest BCUT2D eigenvalue weighted by Crippen LogP contribution is 2.39. The molecular weight excluding hydrogens is 503 g/mol. The van der Waals surface area contributed by atoms with Crippen LogP contribution in [0.5, 0.6) is 0 Å². The lowest BCUT2D eigenvalue weighted by Crippen LogP contribution is -2.60. The van der Waals surface area contributed by atoms with Crippen LogP contribution in [-0.4, -0.2) is 65.3 Å². The third kappa shape index (κ3) is 7.13. The molecule has 0 N–H and O–H groups in total. The number of likely N-dealkylation sites (tertiary alicyclic amines) is 1. The number of piperidine rings is 1. The molecule has 39 heavy (non-hydrogen) atoms. The molecule has 5 nitrogen and oxygen atoms in total. The normalized spacial score (nSPS) is 24.2. The van der Waals surface area contributed by atoms with Crippen LogP contribution >= 0.6 is 0 Å². The Morgan fingerprint density at radius 2 is 1.64 bits per heavy atom. The van der Waals surface area contributed by atoms with E-state index in [9.17, 15) is 22.8 Å². The van der Waals surface area contributed by atoms with Crippen LogP contribution in [0.25, 0.3) is 0 Å². The Labute approximate surface area is 230 Å². The van der Waals surface area contributed by atoms with Crippen LogP contribution in [0.3, 0.4) is 0 Å². The zero-order chi connectivity index (χ0) is 28.4. The van der Waals surface area contributed by atoms with Gasteiger partial charge in [-0.2, -0.15) is 13.2 Å². The third-order valence-electron chi connectivity index (χ3n) is 8.65. The topological polar surface area (TPSA) is 43.9 Å². The Bertz CT molecular complexity index is 1070. The van der Waals surface area contributed by atoms with E-state index in [4.69, 9.17) is 0 Å². The predicted molar refractivity (Wildman–Crippen MR) is 147 cm³/mol. The van der Waals surface area contributed by atoms with Gasteiger partial charge in [0.15, 0.2) is 0 Å². The van der Waals surface area contributed by atoms with E-state index < -0.39 is 11.7 Å². The van der Waals surface area contributed by atoms with Crippen molar-refractivity contribution < 1.29 is 22.8 Å². The monoisotopic (exact) mass is 545 g/mol. The minimum atomic E-state index is -4.37. The molecule has 0 saturated carbocycles. The number of nitrogens with zero attached hydrogens (tertiary/aromatic N) is 3. The van der Waals surface area contributed by atoms with E-state index in [1.165, 1.54) is 12.1 Å². The largest absolute Gasteiger partial charge is 0.416 e. The molecule has 2 amide bonds. The zero-order valence-corrected chi connectivity index (χ0v) is 23.6.